The normalized spacial score (nSPS) is 24.8. The van der Waals surface area contributed by atoms with E-state index in [1.54, 1.807) is 17.0 Å². The second-order valence-corrected chi connectivity index (χ2v) is 12.2. The van der Waals surface area contributed by atoms with Gasteiger partial charge in [0, 0.05) is 37.2 Å². The van der Waals surface area contributed by atoms with Gasteiger partial charge >= 0.3 is 0 Å². The summed E-state index contributed by atoms with van der Waals surface area (Å²) in [5, 5.41) is -0.655. The van der Waals surface area contributed by atoms with Crippen LogP contribution in [-0.4, -0.2) is 81.5 Å². The molecule has 1 aromatic carbocycles. The number of furan rings is 1. The largest absolute Gasteiger partial charge is 0.459 e. The number of hydrogen-bond acceptors (Lipinski definition) is 7. The Morgan fingerprint density at radius 1 is 1.03 bits per heavy atom. The number of piperazine rings is 1. The Bertz CT molecular complexity index is 1120. The van der Waals surface area contributed by atoms with E-state index in [1.165, 1.54) is 30.5 Å². The summed E-state index contributed by atoms with van der Waals surface area (Å²) in [5.74, 6) is -0.607. The van der Waals surface area contributed by atoms with E-state index < -0.39 is 36.7 Å². The second kappa shape index (κ2) is 7.99. The summed E-state index contributed by atoms with van der Waals surface area (Å²) in [6.07, 6.45) is 1.43. The number of carbonyl (C=O) groups is 1. The van der Waals surface area contributed by atoms with E-state index in [9.17, 15) is 21.6 Å². The molecule has 0 bridgehead atoms. The summed E-state index contributed by atoms with van der Waals surface area (Å²) in [6.45, 7) is 1.51. The minimum atomic E-state index is -3.87. The van der Waals surface area contributed by atoms with Crippen LogP contribution < -0.4 is 0 Å². The lowest BCUT2D eigenvalue weighted by Crippen LogP contribution is -2.55. The molecule has 0 aliphatic carbocycles. The number of carbonyl (C=O) groups excluding carboxylic acids is 1. The number of rotatable bonds is 4. The quantitative estimate of drug-likeness (QED) is 0.661. The molecule has 3 heterocycles. The Morgan fingerprint density at radius 2 is 1.70 bits per heavy atom. The lowest BCUT2D eigenvalue weighted by atomic mass is 10.2. The molecule has 0 saturated carbocycles. The number of sulfone groups is 2. The molecule has 8 nitrogen and oxygen atoms in total. The summed E-state index contributed by atoms with van der Waals surface area (Å²) in [7, 11) is -7.37. The molecule has 2 aliphatic heterocycles. The summed E-state index contributed by atoms with van der Waals surface area (Å²) in [4.78, 5) is 16.0. The van der Waals surface area contributed by atoms with Crippen LogP contribution in [-0.2, 0) is 19.7 Å². The molecule has 30 heavy (non-hydrogen) atoms. The maximum atomic E-state index is 13.2. The van der Waals surface area contributed by atoms with E-state index in [0.29, 0.717) is 31.2 Å². The monoisotopic (exact) mass is 472 g/mol. The second-order valence-electron chi connectivity index (χ2n) is 7.49. The zero-order valence-electron chi connectivity index (χ0n) is 16.0. The van der Waals surface area contributed by atoms with Gasteiger partial charge in [0.15, 0.2) is 25.4 Å². The number of benzene rings is 1. The third-order valence-corrected chi connectivity index (χ3v) is 10.0. The van der Waals surface area contributed by atoms with Gasteiger partial charge in [0.05, 0.1) is 27.9 Å². The molecular weight excluding hydrogens is 452 g/mol. The highest BCUT2D eigenvalue weighted by atomic mass is 35.5. The minimum Gasteiger partial charge on any atom is -0.459 e. The van der Waals surface area contributed by atoms with Gasteiger partial charge in [-0.1, -0.05) is 11.6 Å². The predicted octanol–water partition coefficient (Wildman–Crippen LogP) is 1.33. The molecule has 11 heteroatoms. The molecule has 2 aliphatic rings. The summed E-state index contributed by atoms with van der Waals surface area (Å²) in [5.41, 5.74) is 0. The van der Waals surface area contributed by atoms with Crippen molar-refractivity contribution in [3.05, 3.63) is 53.4 Å². The van der Waals surface area contributed by atoms with E-state index in [0.717, 1.165) is 0 Å². The van der Waals surface area contributed by atoms with E-state index in [-0.39, 0.29) is 22.3 Å². The zero-order valence-corrected chi connectivity index (χ0v) is 18.4. The van der Waals surface area contributed by atoms with E-state index in [2.05, 4.69) is 0 Å². The van der Waals surface area contributed by atoms with Crippen LogP contribution in [0.2, 0.25) is 5.02 Å². The van der Waals surface area contributed by atoms with Gasteiger partial charge in [0.25, 0.3) is 5.91 Å². The molecule has 1 amide bonds. The van der Waals surface area contributed by atoms with Crippen LogP contribution in [0.5, 0.6) is 0 Å². The standard InChI is InChI=1S/C19H21ClN2O6S2/c20-14-3-5-15(6-4-14)30(26,27)18-13-29(24,25)12-16(18)21-7-9-22(10-8-21)19(23)17-2-1-11-28-17/h1-6,11,16,18H,7-10,12-13H2. The molecule has 1 aromatic heterocycles. The molecule has 0 N–H and O–H groups in total. The van der Waals surface area contributed by atoms with Crippen LogP contribution in [0, 0.1) is 0 Å². The molecule has 4 rings (SSSR count). The first-order valence-corrected chi connectivity index (χ1v) is 13.2. The predicted molar refractivity (Wildman–Crippen MR) is 111 cm³/mol. The molecule has 2 atom stereocenters. The van der Waals surface area contributed by atoms with Crippen molar-refractivity contribution >= 4 is 37.2 Å². The topological polar surface area (TPSA) is 105 Å². The third-order valence-electron chi connectivity index (χ3n) is 5.62. The zero-order chi connectivity index (χ0) is 21.5. The maximum Gasteiger partial charge on any atom is 0.289 e. The van der Waals surface area contributed by atoms with Crippen molar-refractivity contribution in [3.63, 3.8) is 0 Å². The lowest BCUT2D eigenvalue weighted by molar-refractivity contribution is 0.0560. The van der Waals surface area contributed by atoms with Crippen LogP contribution in [0.4, 0.5) is 0 Å². The SMILES string of the molecule is O=C(c1ccco1)N1CCN(C2CS(=O)(=O)CC2S(=O)(=O)c2ccc(Cl)cc2)CC1. The Labute approximate surface area is 180 Å². The Balaban J connectivity index is 1.52. The molecule has 2 unspecified atom stereocenters. The Kier molecular flexibility index (Phi) is 5.69. The van der Waals surface area contributed by atoms with Gasteiger partial charge in [0.1, 0.15) is 0 Å². The van der Waals surface area contributed by atoms with Gasteiger partial charge in [-0.3, -0.25) is 9.69 Å². The van der Waals surface area contributed by atoms with Crippen LogP contribution in [0.3, 0.4) is 0 Å². The molecule has 2 aromatic rings. The molecular formula is C19H21ClN2O6S2. The van der Waals surface area contributed by atoms with Crippen LogP contribution in [0.25, 0.3) is 0 Å². The van der Waals surface area contributed by atoms with Crippen molar-refractivity contribution in [2.45, 2.75) is 16.2 Å². The van der Waals surface area contributed by atoms with Gasteiger partial charge in [-0.25, -0.2) is 16.8 Å². The third kappa shape index (κ3) is 4.14. The fourth-order valence-electron chi connectivity index (χ4n) is 4.05. The van der Waals surface area contributed by atoms with Crippen LogP contribution in [0.15, 0.2) is 52.0 Å². The molecule has 2 fully saturated rings. The first-order chi connectivity index (χ1) is 14.2. The maximum absolute atomic E-state index is 13.2. The van der Waals surface area contributed by atoms with E-state index in [4.69, 9.17) is 16.0 Å². The summed E-state index contributed by atoms with van der Waals surface area (Å²) in [6, 6.07) is 8.33. The van der Waals surface area contributed by atoms with Gasteiger partial charge < -0.3 is 9.32 Å². The van der Waals surface area contributed by atoms with Crippen molar-refractivity contribution in [1.82, 2.24) is 9.80 Å². The number of amides is 1. The van der Waals surface area contributed by atoms with Crippen molar-refractivity contribution in [3.8, 4) is 0 Å². The Morgan fingerprint density at radius 3 is 2.30 bits per heavy atom. The average molecular weight is 473 g/mol. The van der Waals surface area contributed by atoms with Gasteiger partial charge in [-0.2, -0.15) is 0 Å². The average Bonchev–Trinajstić information content (AvgIpc) is 3.36. The van der Waals surface area contributed by atoms with Gasteiger partial charge in [-0.15, -0.1) is 0 Å². The molecule has 2 saturated heterocycles. The van der Waals surface area contributed by atoms with Crippen molar-refractivity contribution < 1.29 is 26.0 Å². The van der Waals surface area contributed by atoms with Gasteiger partial charge in [0.2, 0.25) is 0 Å². The van der Waals surface area contributed by atoms with Crippen molar-refractivity contribution in [2.24, 2.45) is 0 Å². The van der Waals surface area contributed by atoms with Gasteiger partial charge in [-0.05, 0) is 36.4 Å². The fourth-order valence-corrected chi connectivity index (χ4v) is 9.00. The Hall–Kier alpha value is -1.88. The minimum absolute atomic E-state index is 0.0608. The van der Waals surface area contributed by atoms with E-state index in [1.807, 2.05) is 4.90 Å². The fraction of sp³-hybridized carbons (Fsp3) is 0.421. The summed E-state index contributed by atoms with van der Waals surface area (Å²) < 4.78 is 56.3. The lowest BCUT2D eigenvalue weighted by Gasteiger charge is -2.39. The van der Waals surface area contributed by atoms with Crippen molar-refractivity contribution in [1.29, 1.82) is 0 Å². The highest BCUT2D eigenvalue weighted by Crippen LogP contribution is 2.30. The van der Waals surface area contributed by atoms with E-state index >= 15 is 0 Å². The molecule has 0 radical (unpaired) electrons. The first-order valence-electron chi connectivity index (χ1n) is 9.44. The van der Waals surface area contributed by atoms with Crippen LogP contribution >= 0.6 is 11.6 Å². The highest BCUT2D eigenvalue weighted by molar-refractivity contribution is 7.96. The molecule has 0 spiro atoms. The number of nitrogens with zero attached hydrogens (tertiary/aromatic N) is 2. The molecule has 162 valence electrons. The van der Waals surface area contributed by atoms with Crippen molar-refractivity contribution in [2.75, 3.05) is 37.7 Å². The number of hydrogen-bond donors (Lipinski definition) is 0. The first kappa shape index (κ1) is 21.4. The highest BCUT2D eigenvalue weighted by Gasteiger charge is 2.48. The number of halogens is 1. The summed E-state index contributed by atoms with van der Waals surface area (Å²) >= 11 is 5.86. The van der Waals surface area contributed by atoms with Crippen LogP contribution in [0.1, 0.15) is 10.6 Å². The smallest absolute Gasteiger partial charge is 0.289 e.